The zero-order chi connectivity index (χ0) is 28.8. The van der Waals surface area contributed by atoms with E-state index in [0.717, 1.165) is 19.3 Å². The van der Waals surface area contributed by atoms with Crippen LogP contribution in [0.1, 0.15) is 78.2 Å². The molecule has 1 aliphatic carbocycles. The van der Waals surface area contributed by atoms with Crippen LogP contribution in [0.25, 0.3) is 0 Å². The fraction of sp³-hybridized carbons (Fsp3) is 0.630. The van der Waals surface area contributed by atoms with E-state index in [9.17, 15) is 24.3 Å². The Morgan fingerprint density at radius 2 is 1.51 bits per heavy atom. The molecule has 39 heavy (non-hydrogen) atoms. The number of carboxylic acid groups (broad SMARTS) is 1. The summed E-state index contributed by atoms with van der Waals surface area (Å²) >= 11 is 0. The van der Waals surface area contributed by atoms with Crippen LogP contribution >= 0.6 is 0 Å². The molecule has 0 amide bonds. The van der Waals surface area contributed by atoms with Crippen molar-refractivity contribution in [3.8, 4) is 11.5 Å². The first-order chi connectivity index (χ1) is 18.6. The number of hydrogen-bond acceptors (Lipinski definition) is 11. The Labute approximate surface area is 228 Å². The van der Waals surface area contributed by atoms with E-state index in [0.29, 0.717) is 25.7 Å². The second-order valence-corrected chi connectivity index (χ2v) is 9.52. The molecule has 1 aliphatic rings. The maximum Gasteiger partial charge on any atom is 0.513 e. The van der Waals surface area contributed by atoms with Gasteiger partial charge in [0.05, 0.1) is 13.2 Å². The van der Waals surface area contributed by atoms with Gasteiger partial charge in [-0.3, -0.25) is 5.32 Å². The zero-order valence-electron chi connectivity index (χ0n) is 23.0. The van der Waals surface area contributed by atoms with Crippen LogP contribution in [-0.2, 0) is 30.2 Å². The molecular weight excluding hydrogens is 514 g/mol. The molecule has 1 aromatic carbocycles. The van der Waals surface area contributed by atoms with Gasteiger partial charge in [0.15, 0.2) is 11.5 Å². The maximum absolute atomic E-state index is 12.7. The minimum atomic E-state index is -2.21. The summed E-state index contributed by atoms with van der Waals surface area (Å²) in [5.41, 5.74) is -1.92. The highest BCUT2D eigenvalue weighted by atomic mass is 16.8. The van der Waals surface area contributed by atoms with Crippen molar-refractivity contribution in [1.29, 1.82) is 0 Å². The molecule has 2 rings (SSSR count). The van der Waals surface area contributed by atoms with Crippen LogP contribution in [0.5, 0.6) is 11.5 Å². The molecule has 0 saturated heterocycles. The molecule has 0 aromatic heterocycles. The number of carboxylic acids is 1. The monoisotopic (exact) mass is 553 g/mol. The number of nitrogens with one attached hydrogen (secondary N) is 1. The molecule has 1 aromatic rings. The van der Waals surface area contributed by atoms with Crippen LogP contribution in [0.4, 0.5) is 14.4 Å². The predicted octanol–water partition coefficient (Wildman–Crippen LogP) is 5.34. The molecule has 0 heterocycles. The van der Waals surface area contributed by atoms with Gasteiger partial charge in [0, 0.05) is 12.5 Å². The van der Waals surface area contributed by atoms with Gasteiger partial charge in [-0.1, -0.05) is 26.3 Å². The summed E-state index contributed by atoms with van der Waals surface area (Å²) in [5, 5.41) is 13.0. The Morgan fingerprint density at radius 3 is 2.05 bits per heavy atom. The molecule has 0 radical (unpaired) electrons. The topological polar surface area (TPSA) is 156 Å². The lowest BCUT2D eigenvalue weighted by Gasteiger charge is -2.32. The Hall–Kier alpha value is -3.54. The predicted molar refractivity (Wildman–Crippen MR) is 138 cm³/mol. The highest BCUT2D eigenvalue weighted by Crippen LogP contribution is 2.32. The quantitative estimate of drug-likeness (QED) is 0.140. The molecule has 1 fully saturated rings. The van der Waals surface area contributed by atoms with Gasteiger partial charge in [-0.2, -0.15) is 0 Å². The summed E-state index contributed by atoms with van der Waals surface area (Å²) in [6.45, 7) is 7.24. The molecule has 0 aliphatic heterocycles. The van der Waals surface area contributed by atoms with Gasteiger partial charge in [0.25, 0.3) is 5.72 Å². The van der Waals surface area contributed by atoms with E-state index in [2.05, 4.69) is 5.32 Å². The van der Waals surface area contributed by atoms with E-state index in [1.165, 1.54) is 18.2 Å². The average molecular weight is 554 g/mol. The lowest BCUT2D eigenvalue weighted by molar-refractivity contribution is -0.168. The van der Waals surface area contributed by atoms with Crippen LogP contribution in [-0.4, -0.2) is 60.6 Å². The van der Waals surface area contributed by atoms with Crippen molar-refractivity contribution in [3.05, 3.63) is 23.8 Å². The number of aliphatic carboxylic acids is 1. The van der Waals surface area contributed by atoms with Crippen molar-refractivity contribution in [1.82, 2.24) is 5.32 Å². The standard InChI is InChI=1S/C27H39NO11/c1-5-14-34-24(31)37-21-13-12-19(16-22(21)38-25(32)35-15-6-2)17-27(23(29)30,28-18(3)4)39-26(33)36-20-10-8-7-9-11-20/h12-13,16,18,20,28H,5-11,14-15,17H2,1-4H3,(H,29,30)/t27-/m0/s1. The van der Waals surface area contributed by atoms with Gasteiger partial charge in [-0.05, 0) is 70.1 Å². The summed E-state index contributed by atoms with van der Waals surface area (Å²) in [6, 6.07) is 3.65. The number of carbonyl (C=O) groups excluding carboxylic acids is 3. The Bertz CT molecular complexity index is 974. The summed E-state index contributed by atoms with van der Waals surface area (Å²) in [4.78, 5) is 49.3. The van der Waals surface area contributed by atoms with E-state index in [1.807, 2.05) is 6.92 Å². The molecule has 1 saturated carbocycles. The maximum atomic E-state index is 12.7. The molecule has 0 bridgehead atoms. The van der Waals surface area contributed by atoms with Crippen molar-refractivity contribution in [3.63, 3.8) is 0 Å². The second-order valence-electron chi connectivity index (χ2n) is 9.52. The normalized spacial score (nSPS) is 15.1. The van der Waals surface area contributed by atoms with E-state index in [1.54, 1.807) is 20.8 Å². The third-order valence-corrected chi connectivity index (χ3v) is 5.64. The molecule has 0 unspecified atom stereocenters. The van der Waals surface area contributed by atoms with Crippen LogP contribution in [0, 0.1) is 0 Å². The first kappa shape index (κ1) is 31.7. The van der Waals surface area contributed by atoms with Gasteiger partial charge < -0.3 is 33.5 Å². The van der Waals surface area contributed by atoms with E-state index >= 15 is 0 Å². The lowest BCUT2D eigenvalue weighted by Crippen LogP contribution is -2.59. The Kier molecular flexibility index (Phi) is 12.8. The van der Waals surface area contributed by atoms with Gasteiger partial charge in [-0.25, -0.2) is 19.2 Å². The van der Waals surface area contributed by atoms with Crippen LogP contribution in [0.15, 0.2) is 18.2 Å². The largest absolute Gasteiger partial charge is 0.513 e. The van der Waals surface area contributed by atoms with Gasteiger partial charge in [-0.15, -0.1) is 0 Å². The number of benzene rings is 1. The third kappa shape index (κ3) is 10.6. The number of rotatable bonds is 13. The van der Waals surface area contributed by atoms with Crippen molar-refractivity contribution < 1.29 is 52.7 Å². The molecule has 2 N–H and O–H groups in total. The summed E-state index contributed by atoms with van der Waals surface area (Å²) in [5.74, 6) is -1.82. The van der Waals surface area contributed by atoms with Crippen LogP contribution in [0.3, 0.4) is 0 Å². The van der Waals surface area contributed by atoms with E-state index < -0.39 is 36.2 Å². The number of hydrogen-bond donors (Lipinski definition) is 2. The van der Waals surface area contributed by atoms with Crippen LogP contribution in [0.2, 0.25) is 0 Å². The second kappa shape index (κ2) is 15.8. The fourth-order valence-electron chi connectivity index (χ4n) is 3.97. The van der Waals surface area contributed by atoms with Gasteiger partial charge in [0.2, 0.25) is 0 Å². The van der Waals surface area contributed by atoms with Crippen LogP contribution < -0.4 is 14.8 Å². The summed E-state index contributed by atoms with van der Waals surface area (Å²) in [6.07, 6.45) is 1.51. The van der Waals surface area contributed by atoms with E-state index in [4.69, 9.17) is 28.4 Å². The molecule has 12 nitrogen and oxygen atoms in total. The zero-order valence-corrected chi connectivity index (χ0v) is 23.0. The van der Waals surface area contributed by atoms with Crippen molar-refractivity contribution in [2.45, 2.75) is 96.9 Å². The summed E-state index contributed by atoms with van der Waals surface area (Å²) < 4.78 is 31.1. The third-order valence-electron chi connectivity index (χ3n) is 5.64. The number of carbonyl (C=O) groups is 4. The first-order valence-corrected chi connectivity index (χ1v) is 13.3. The van der Waals surface area contributed by atoms with Crippen molar-refractivity contribution in [2.24, 2.45) is 0 Å². The average Bonchev–Trinajstić information content (AvgIpc) is 2.87. The van der Waals surface area contributed by atoms with Gasteiger partial charge in [0.1, 0.15) is 6.10 Å². The fourth-order valence-corrected chi connectivity index (χ4v) is 3.97. The molecule has 1 atom stereocenters. The number of ether oxygens (including phenoxy) is 6. The van der Waals surface area contributed by atoms with E-state index in [-0.39, 0.29) is 42.8 Å². The highest BCUT2D eigenvalue weighted by Gasteiger charge is 2.45. The SMILES string of the molecule is CCCOC(=O)Oc1ccc(C[C@](NC(C)C)(OC(=O)OC2CCCCC2)C(=O)O)cc1OC(=O)OCCC. The summed E-state index contributed by atoms with van der Waals surface area (Å²) in [7, 11) is 0. The minimum Gasteiger partial charge on any atom is -0.477 e. The van der Waals surface area contributed by atoms with Gasteiger partial charge >= 0.3 is 24.4 Å². The smallest absolute Gasteiger partial charge is 0.477 e. The lowest BCUT2D eigenvalue weighted by atomic mass is 9.98. The highest BCUT2D eigenvalue weighted by molar-refractivity contribution is 5.80. The Balaban J connectivity index is 2.34. The molecular formula is C27H39NO11. The minimum absolute atomic E-state index is 0.102. The Morgan fingerprint density at radius 1 is 0.923 bits per heavy atom. The molecule has 0 spiro atoms. The van der Waals surface area contributed by atoms with Crippen molar-refractivity contribution >= 4 is 24.4 Å². The molecule has 12 heteroatoms. The van der Waals surface area contributed by atoms with Crippen molar-refractivity contribution in [2.75, 3.05) is 13.2 Å². The first-order valence-electron chi connectivity index (χ1n) is 13.3. The molecule has 218 valence electrons.